The van der Waals surface area contributed by atoms with E-state index in [1.54, 1.807) is 32.4 Å². The molecule has 1 N–H and O–H groups in total. The first-order valence-electron chi connectivity index (χ1n) is 7.71. The highest BCUT2D eigenvalue weighted by atomic mass is 16.5. The van der Waals surface area contributed by atoms with Crippen LogP contribution in [0.1, 0.15) is 12.5 Å². The minimum Gasteiger partial charge on any atom is -0.497 e. The number of fused-ring (bicyclic) bond motifs is 1. The fourth-order valence-corrected chi connectivity index (χ4v) is 2.52. The summed E-state index contributed by atoms with van der Waals surface area (Å²) >= 11 is 0. The Balaban J connectivity index is 1.77. The average Bonchev–Trinajstić information content (AvgIpc) is 2.88. The number of methoxy groups -OCH3 is 1. The van der Waals surface area contributed by atoms with E-state index < -0.39 is 5.76 Å². The van der Waals surface area contributed by atoms with E-state index in [4.69, 9.17) is 9.15 Å². The molecule has 3 rings (SSSR count). The highest BCUT2D eigenvalue weighted by Crippen LogP contribution is 2.20. The van der Waals surface area contributed by atoms with Gasteiger partial charge in [0.15, 0.2) is 5.58 Å². The zero-order valence-corrected chi connectivity index (χ0v) is 14.2. The molecule has 0 unspecified atom stereocenters. The van der Waals surface area contributed by atoms with Crippen molar-refractivity contribution in [3.05, 3.63) is 64.7 Å². The van der Waals surface area contributed by atoms with Crippen molar-refractivity contribution in [2.24, 2.45) is 7.05 Å². The normalized spacial score (nSPS) is 11.6. The molecular formula is C19H18N2O4. The van der Waals surface area contributed by atoms with Gasteiger partial charge in [-0.05, 0) is 42.3 Å². The van der Waals surface area contributed by atoms with Gasteiger partial charge in [0.2, 0.25) is 5.91 Å². The Labute approximate surface area is 144 Å². The summed E-state index contributed by atoms with van der Waals surface area (Å²) in [6.07, 6.45) is 1.52. The van der Waals surface area contributed by atoms with E-state index in [2.05, 4.69) is 5.32 Å². The third-order valence-corrected chi connectivity index (χ3v) is 3.95. The lowest BCUT2D eigenvalue weighted by Gasteiger charge is -2.05. The van der Waals surface area contributed by atoms with E-state index in [1.807, 2.05) is 31.2 Å². The molecule has 0 fully saturated rings. The molecule has 0 radical (unpaired) electrons. The largest absolute Gasteiger partial charge is 0.497 e. The second-order valence-corrected chi connectivity index (χ2v) is 5.65. The Bertz CT molecular complexity index is 1010. The maximum Gasteiger partial charge on any atom is 0.419 e. The number of rotatable bonds is 4. The first-order valence-corrected chi connectivity index (χ1v) is 7.71. The van der Waals surface area contributed by atoms with Crippen LogP contribution >= 0.6 is 0 Å². The lowest BCUT2D eigenvalue weighted by atomic mass is 10.1. The van der Waals surface area contributed by atoms with Gasteiger partial charge in [-0.1, -0.05) is 12.1 Å². The van der Waals surface area contributed by atoms with Crippen LogP contribution in [0.3, 0.4) is 0 Å². The summed E-state index contributed by atoms with van der Waals surface area (Å²) in [5.41, 5.74) is 3.42. The van der Waals surface area contributed by atoms with Gasteiger partial charge < -0.3 is 14.5 Å². The third kappa shape index (κ3) is 3.47. The van der Waals surface area contributed by atoms with Gasteiger partial charge in [0.25, 0.3) is 0 Å². The number of aryl methyl sites for hydroxylation is 1. The van der Waals surface area contributed by atoms with Crippen LogP contribution in [0.15, 0.2) is 57.8 Å². The molecule has 0 aliphatic carbocycles. The minimum atomic E-state index is -0.436. The summed E-state index contributed by atoms with van der Waals surface area (Å²) in [4.78, 5) is 23.7. The fraction of sp³-hybridized carbons (Fsp3) is 0.158. The molecule has 25 heavy (non-hydrogen) atoms. The molecule has 6 nitrogen and oxygen atoms in total. The van der Waals surface area contributed by atoms with Crippen molar-refractivity contribution in [1.29, 1.82) is 0 Å². The number of hydrogen-bond donors (Lipinski definition) is 1. The molecule has 0 aliphatic rings. The number of carbonyl (C=O) groups excluding carboxylic acids is 1. The van der Waals surface area contributed by atoms with E-state index in [9.17, 15) is 9.59 Å². The molecule has 0 aliphatic heterocycles. The predicted molar refractivity (Wildman–Crippen MR) is 96.7 cm³/mol. The van der Waals surface area contributed by atoms with Crippen LogP contribution in [0.25, 0.3) is 16.7 Å². The lowest BCUT2D eigenvalue weighted by Crippen LogP contribution is -2.09. The smallest absolute Gasteiger partial charge is 0.419 e. The molecule has 1 heterocycles. The molecular weight excluding hydrogens is 320 g/mol. The Morgan fingerprint density at radius 2 is 1.92 bits per heavy atom. The van der Waals surface area contributed by atoms with Crippen molar-refractivity contribution in [2.75, 3.05) is 12.4 Å². The number of nitrogens with zero attached hydrogens (tertiary/aromatic N) is 1. The van der Waals surface area contributed by atoms with Crippen molar-refractivity contribution >= 4 is 28.3 Å². The van der Waals surface area contributed by atoms with Gasteiger partial charge in [-0.3, -0.25) is 9.36 Å². The molecule has 0 saturated heterocycles. The van der Waals surface area contributed by atoms with E-state index in [-0.39, 0.29) is 5.91 Å². The minimum absolute atomic E-state index is 0.258. The lowest BCUT2D eigenvalue weighted by molar-refractivity contribution is -0.111. The standard InChI is InChI=1S/C19H18N2O4/c1-12(13-4-7-15(24-3)8-5-13)10-18(22)20-14-6-9-16-17(11-14)25-19(23)21(16)2/h4-11H,1-3H3,(H,20,22)/b12-10+. The maximum atomic E-state index is 12.2. The monoisotopic (exact) mass is 338 g/mol. The molecule has 0 bridgehead atoms. The fourth-order valence-electron chi connectivity index (χ4n) is 2.52. The number of allylic oxidation sites excluding steroid dienone is 1. The topological polar surface area (TPSA) is 73.5 Å². The first kappa shape index (κ1) is 16.6. The van der Waals surface area contributed by atoms with E-state index in [0.717, 1.165) is 16.9 Å². The number of carbonyl (C=O) groups is 1. The van der Waals surface area contributed by atoms with Crippen molar-refractivity contribution in [3.8, 4) is 5.75 Å². The number of amides is 1. The van der Waals surface area contributed by atoms with E-state index in [0.29, 0.717) is 16.8 Å². The van der Waals surface area contributed by atoms with Gasteiger partial charge in [-0.15, -0.1) is 0 Å². The number of nitrogens with one attached hydrogen (secondary N) is 1. The number of aromatic nitrogens is 1. The maximum absolute atomic E-state index is 12.2. The molecule has 3 aromatic rings. The number of benzene rings is 2. The van der Waals surface area contributed by atoms with Gasteiger partial charge in [0.1, 0.15) is 5.75 Å². The highest BCUT2D eigenvalue weighted by molar-refractivity contribution is 6.04. The van der Waals surface area contributed by atoms with Crippen molar-refractivity contribution < 1.29 is 13.9 Å². The van der Waals surface area contributed by atoms with Gasteiger partial charge >= 0.3 is 5.76 Å². The average molecular weight is 338 g/mol. The van der Waals surface area contributed by atoms with Crippen LogP contribution in [0.2, 0.25) is 0 Å². The molecule has 6 heteroatoms. The molecule has 128 valence electrons. The van der Waals surface area contributed by atoms with E-state index >= 15 is 0 Å². The molecule has 0 spiro atoms. The number of oxazole rings is 1. The second kappa shape index (κ2) is 6.68. The summed E-state index contributed by atoms with van der Waals surface area (Å²) < 4.78 is 11.7. The van der Waals surface area contributed by atoms with Crippen molar-refractivity contribution in [1.82, 2.24) is 4.57 Å². The second-order valence-electron chi connectivity index (χ2n) is 5.65. The molecule has 1 amide bonds. The van der Waals surface area contributed by atoms with Crippen LogP contribution < -0.4 is 15.8 Å². The van der Waals surface area contributed by atoms with Crippen LogP contribution in [0.4, 0.5) is 5.69 Å². The highest BCUT2D eigenvalue weighted by Gasteiger charge is 2.08. The van der Waals surface area contributed by atoms with Gasteiger partial charge in [0, 0.05) is 24.9 Å². The Hall–Kier alpha value is -3.28. The quantitative estimate of drug-likeness (QED) is 0.742. The molecule has 0 saturated carbocycles. The molecule has 1 aromatic heterocycles. The van der Waals surface area contributed by atoms with Crippen molar-refractivity contribution in [3.63, 3.8) is 0 Å². The van der Waals surface area contributed by atoms with Crippen molar-refractivity contribution in [2.45, 2.75) is 6.92 Å². The Morgan fingerprint density at radius 1 is 1.20 bits per heavy atom. The number of anilines is 1. The summed E-state index contributed by atoms with van der Waals surface area (Å²) in [5, 5.41) is 2.77. The Morgan fingerprint density at radius 3 is 2.60 bits per heavy atom. The Kier molecular flexibility index (Phi) is 4.43. The van der Waals surface area contributed by atoms with Crippen LogP contribution in [-0.2, 0) is 11.8 Å². The third-order valence-electron chi connectivity index (χ3n) is 3.95. The summed E-state index contributed by atoms with van der Waals surface area (Å²) in [5.74, 6) is 0.0679. The van der Waals surface area contributed by atoms with Crippen LogP contribution in [0.5, 0.6) is 5.75 Å². The summed E-state index contributed by atoms with van der Waals surface area (Å²) in [7, 11) is 3.24. The number of hydrogen-bond acceptors (Lipinski definition) is 4. The SMILES string of the molecule is COc1ccc(/C(C)=C/C(=O)Nc2ccc3c(c2)oc(=O)n3C)cc1. The zero-order valence-electron chi connectivity index (χ0n) is 14.2. The van der Waals surface area contributed by atoms with Gasteiger partial charge in [-0.2, -0.15) is 0 Å². The van der Waals surface area contributed by atoms with Crippen LogP contribution in [0, 0.1) is 0 Å². The molecule has 2 aromatic carbocycles. The van der Waals surface area contributed by atoms with Crippen LogP contribution in [-0.4, -0.2) is 17.6 Å². The van der Waals surface area contributed by atoms with Gasteiger partial charge in [-0.25, -0.2) is 4.79 Å². The molecule has 0 atom stereocenters. The summed E-state index contributed by atoms with van der Waals surface area (Å²) in [6.45, 7) is 1.86. The van der Waals surface area contributed by atoms with Gasteiger partial charge in [0.05, 0.1) is 12.6 Å². The number of ether oxygens (including phenoxy) is 1. The zero-order chi connectivity index (χ0) is 18.0. The first-order chi connectivity index (χ1) is 12.0. The van der Waals surface area contributed by atoms with E-state index in [1.165, 1.54) is 10.6 Å². The summed E-state index contributed by atoms with van der Waals surface area (Å²) in [6, 6.07) is 12.6. The predicted octanol–water partition coefficient (Wildman–Crippen LogP) is 3.18.